The molecule has 3 rings (SSSR count). The van der Waals surface area contributed by atoms with Crippen LogP contribution in [0.25, 0.3) is 0 Å². The van der Waals surface area contributed by atoms with Gasteiger partial charge in [-0.1, -0.05) is 36.4 Å². The van der Waals surface area contributed by atoms with E-state index in [0.29, 0.717) is 22.7 Å². The van der Waals surface area contributed by atoms with Crippen molar-refractivity contribution in [2.45, 2.75) is 12.5 Å². The van der Waals surface area contributed by atoms with Crippen molar-refractivity contribution >= 4 is 28.8 Å². The van der Waals surface area contributed by atoms with Crippen LogP contribution >= 0.6 is 11.3 Å². The number of carbonyl (C=O) groups excluding carboxylic acids is 2. The van der Waals surface area contributed by atoms with Crippen molar-refractivity contribution in [3.05, 3.63) is 82.6 Å². The summed E-state index contributed by atoms with van der Waals surface area (Å²) in [5, 5.41) is 7.54. The summed E-state index contributed by atoms with van der Waals surface area (Å²) < 4.78 is 5.13. The van der Waals surface area contributed by atoms with Gasteiger partial charge in [0, 0.05) is 12.1 Å². The van der Waals surface area contributed by atoms with Crippen LogP contribution < -0.4 is 15.4 Å². The molecule has 138 valence electrons. The number of ether oxygens (including phenoxy) is 1. The monoisotopic (exact) mass is 380 g/mol. The molecule has 1 atom stereocenters. The molecule has 0 aliphatic carbocycles. The second-order valence-electron chi connectivity index (χ2n) is 5.91. The van der Waals surface area contributed by atoms with Crippen LogP contribution in [0.3, 0.4) is 0 Å². The lowest BCUT2D eigenvalue weighted by Crippen LogP contribution is -2.45. The molecule has 6 heteroatoms. The largest absolute Gasteiger partial charge is 0.497 e. The van der Waals surface area contributed by atoms with Gasteiger partial charge in [-0.3, -0.25) is 9.59 Å². The highest BCUT2D eigenvalue weighted by atomic mass is 32.1. The SMILES string of the molecule is COc1ccc(NC(=O)[C@@H](Cc2ccccc2)NC(=O)c2cccs2)cc1. The number of nitrogens with one attached hydrogen (secondary N) is 2. The highest BCUT2D eigenvalue weighted by Crippen LogP contribution is 2.16. The molecule has 2 amide bonds. The minimum atomic E-state index is -0.691. The van der Waals surface area contributed by atoms with Crippen LogP contribution in [0.15, 0.2) is 72.1 Å². The van der Waals surface area contributed by atoms with Crippen LogP contribution in [0.4, 0.5) is 5.69 Å². The van der Waals surface area contributed by atoms with Crippen molar-refractivity contribution in [1.82, 2.24) is 5.32 Å². The normalized spacial score (nSPS) is 11.4. The van der Waals surface area contributed by atoms with Crippen molar-refractivity contribution < 1.29 is 14.3 Å². The summed E-state index contributed by atoms with van der Waals surface area (Å²) in [7, 11) is 1.59. The molecule has 0 radical (unpaired) electrons. The van der Waals surface area contributed by atoms with Gasteiger partial charge < -0.3 is 15.4 Å². The number of rotatable bonds is 7. The van der Waals surface area contributed by atoms with Gasteiger partial charge >= 0.3 is 0 Å². The molecule has 0 saturated heterocycles. The average molecular weight is 380 g/mol. The summed E-state index contributed by atoms with van der Waals surface area (Å²) in [6, 6.07) is 19.5. The summed E-state index contributed by atoms with van der Waals surface area (Å²) in [6.07, 6.45) is 0.403. The first-order chi connectivity index (χ1) is 13.2. The zero-order valence-corrected chi connectivity index (χ0v) is 15.7. The molecule has 0 spiro atoms. The standard InChI is InChI=1S/C21H20N2O3S/c1-26-17-11-9-16(10-12-17)22-20(24)18(14-15-6-3-2-4-7-15)23-21(25)19-8-5-13-27-19/h2-13,18H,14H2,1H3,(H,22,24)(H,23,25)/t18-/m1/s1. The number of anilines is 1. The molecule has 0 aliphatic heterocycles. The topological polar surface area (TPSA) is 67.4 Å². The molecular formula is C21H20N2O3S. The second-order valence-corrected chi connectivity index (χ2v) is 6.86. The molecular weight excluding hydrogens is 360 g/mol. The van der Waals surface area contributed by atoms with Gasteiger partial charge in [0.25, 0.3) is 5.91 Å². The maximum absolute atomic E-state index is 12.8. The Morgan fingerprint density at radius 2 is 1.74 bits per heavy atom. The lowest BCUT2D eigenvalue weighted by atomic mass is 10.0. The Balaban J connectivity index is 1.74. The fourth-order valence-electron chi connectivity index (χ4n) is 2.60. The number of amides is 2. The summed E-state index contributed by atoms with van der Waals surface area (Å²) in [6.45, 7) is 0. The quantitative estimate of drug-likeness (QED) is 0.656. The smallest absolute Gasteiger partial charge is 0.262 e. The molecule has 2 aromatic carbocycles. The van der Waals surface area contributed by atoms with E-state index in [9.17, 15) is 9.59 Å². The fraction of sp³-hybridized carbons (Fsp3) is 0.143. The summed E-state index contributed by atoms with van der Waals surface area (Å²) in [5.74, 6) is 0.185. The molecule has 3 aromatic rings. The van der Waals surface area contributed by atoms with E-state index in [-0.39, 0.29) is 11.8 Å². The third-order valence-electron chi connectivity index (χ3n) is 4.01. The second kappa shape index (κ2) is 9.00. The molecule has 27 heavy (non-hydrogen) atoms. The lowest BCUT2D eigenvalue weighted by Gasteiger charge is -2.18. The van der Waals surface area contributed by atoms with Crippen LogP contribution in [-0.4, -0.2) is 25.0 Å². The fourth-order valence-corrected chi connectivity index (χ4v) is 3.23. The Morgan fingerprint density at radius 1 is 1.00 bits per heavy atom. The first kappa shape index (κ1) is 18.7. The Bertz CT molecular complexity index is 878. The Hall–Kier alpha value is -3.12. The number of carbonyl (C=O) groups is 2. The van der Waals surface area contributed by atoms with Crippen molar-refractivity contribution in [2.24, 2.45) is 0 Å². The van der Waals surface area contributed by atoms with Gasteiger partial charge in [-0.15, -0.1) is 11.3 Å². The number of methoxy groups -OCH3 is 1. The third-order valence-corrected chi connectivity index (χ3v) is 4.88. The number of thiophene rings is 1. The van der Waals surface area contributed by atoms with E-state index in [2.05, 4.69) is 10.6 Å². The first-order valence-electron chi connectivity index (χ1n) is 8.49. The van der Waals surface area contributed by atoms with E-state index in [4.69, 9.17) is 4.74 Å². The van der Waals surface area contributed by atoms with Gasteiger partial charge in [0.1, 0.15) is 11.8 Å². The predicted octanol–water partition coefficient (Wildman–Crippen LogP) is 3.74. The third kappa shape index (κ3) is 5.18. The van der Waals surface area contributed by atoms with Crippen LogP contribution in [-0.2, 0) is 11.2 Å². The molecule has 0 fully saturated rings. The summed E-state index contributed by atoms with van der Waals surface area (Å²) in [4.78, 5) is 25.8. The lowest BCUT2D eigenvalue weighted by molar-refractivity contribution is -0.118. The van der Waals surface area contributed by atoms with Crippen molar-refractivity contribution in [3.63, 3.8) is 0 Å². The highest BCUT2D eigenvalue weighted by Gasteiger charge is 2.22. The van der Waals surface area contributed by atoms with Crippen LogP contribution in [0.5, 0.6) is 5.75 Å². The van der Waals surface area contributed by atoms with E-state index < -0.39 is 6.04 Å². The molecule has 0 aliphatic rings. The highest BCUT2D eigenvalue weighted by molar-refractivity contribution is 7.12. The number of benzene rings is 2. The van der Waals surface area contributed by atoms with Gasteiger partial charge in [0.2, 0.25) is 5.91 Å². The zero-order chi connectivity index (χ0) is 19.1. The van der Waals surface area contributed by atoms with Crippen molar-refractivity contribution in [3.8, 4) is 5.75 Å². The Morgan fingerprint density at radius 3 is 2.37 bits per heavy atom. The number of hydrogen-bond acceptors (Lipinski definition) is 4. The molecule has 2 N–H and O–H groups in total. The zero-order valence-electron chi connectivity index (χ0n) is 14.8. The van der Waals surface area contributed by atoms with E-state index in [0.717, 1.165) is 5.56 Å². The molecule has 1 aromatic heterocycles. The Kier molecular flexibility index (Phi) is 6.22. The van der Waals surface area contributed by atoms with Gasteiger partial charge in [0.15, 0.2) is 0 Å². The molecule has 0 bridgehead atoms. The maximum atomic E-state index is 12.8. The van der Waals surface area contributed by atoms with Gasteiger partial charge in [-0.25, -0.2) is 0 Å². The molecule has 5 nitrogen and oxygen atoms in total. The van der Waals surface area contributed by atoms with Crippen LogP contribution in [0, 0.1) is 0 Å². The minimum absolute atomic E-state index is 0.254. The van der Waals surface area contributed by atoms with E-state index in [1.54, 1.807) is 37.4 Å². The van der Waals surface area contributed by atoms with Crippen LogP contribution in [0.2, 0.25) is 0 Å². The first-order valence-corrected chi connectivity index (χ1v) is 9.37. The van der Waals surface area contributed by atoms with Gasteiger partial charge in [-0.05, 0) is 41.3 Å². The number of hydrogen-bond donors (Lipinski definition) is 2. The van der Waals surface area contributed by atoms with E-state index >= 15 is 0 Å². The summed E-state index contributed by atoms with van der Waals surface area (Å²) >= 11 is 1.34. The van der Waals surface area contributed by atoms with Gasteiger partial charge in [0.05, 0.1) is 12.0 Å². The maximum Gasteiger partial charge on any atom is 0.262 e. The molecule has 0 saturated carbocycles. The van der Waals surface area contributed by atoms with Crippen molar-refractivity contribution in [1.29, 1.82) is 0 Å². The molecule has 1 heterocycles. The predicted molar refractivity (Wildman–Crippen MR) is 107 cm³/mol. The van der Waals surface area contributed by atoms with E-state index in [1.165, 1.54) is 11.3 Å². The van der Waals surface area contributed by atoms with Gasteiger partial charge in [-0.2, -0.15) is 0 Å². The minimum Gasteiger partial charge on any atom is -0.497 e. The Labute approximate surface area is 162 Å². The van der Waals surface area contributed by atoms with E-state index in [1.807, 2.05) is 41.8 Å². The van der Waals surface area contributed by atoms with Crippen LogP contribution in [0.1, 0.15) is 15.2 Å². The molecule has 0 unspecified atom stereocenters. The average Bonchev–Trinajstić information content (AvgIpc) is 3.24. The summed E-state index contributed by atoms with van der Waals surface area (Å²) in [5.41, 5.74) is 1.61. The van der Waals surface area contributed by atoms with Crippen molar-refractivity contribution in [2.75, 3.05) is 12.4 Å².